The van der Waals surface area contributed by atoms with Crippen molar-refractivity contribution in [3.63, 3.8) is 0 Å². The number of thiazole rings is 1. The minimum Gasteiger partial charge on any atom is -0.617 e. The summed E-state index contributed by atoms with van der Waals surface area (Å²) in [7, 11) is 1.60. The molecule has 0 saturated carbocycles. The Labute approximate surface area is 144 Å². The lowest BCUT2D eigenvalue weighted by Gasteiger charge is -2.04. The van der Waals surface area contributed by atoms with Crippen molar-refractivity contribution in [2.75, 3.05) is 13.7 Å². The third kappa shape index (κ3) is 3.65. The lowest BCUT2D eigenvalue weighted by molar-refractivity contribution is -0.580. The van der Waals surface area contributed by atoms with Crippen LogP contribution in [0.25, 0.3) is 10.2 Å². The Hall–Kier alpha value is -2.60. The molecule has 0 bridgehead atoms. The lowest BCUT2D eigenvalue weighted by Crippen LogP contribution is -2.33. The SMILES string of the molecule is COc1ccc2c(c1)sc(CCNC(=O)Cc1ccccc1)[n+]2[O-]. The molecule has 0 fully saturated rings. The maximum absolute atomic E-state index is 12.3. The van der Waals surface area contributed by atoms with E-state index < -0.39 is 0 Å². The van der Waals surface area contributed by atoms with Crippen LogP contribution in [0.3, 0.4) is 0 Å². The van der Waals surface area contributed by atoms with Crippen LogP contribution >= 0.6 is 11.3 Å². The molecule has 3 aromatic rings. The first-order chi connectivity index (χ1) is 11.7. The van der Waals surface area contributed by atoms with Gasteiger partial charge < -0.3 is 15.3 Å². The van der Waals surface area contributed by atoms with Gasteiger partial charge in [-0.05, 0) is 11.6 Å². The first kappa shape index (κ1) is 16.3. The number of nitrogens with zero attached hydrogens (tertiary/aromatic N) is 1. The van der Waals surface area contributed by atoms with E-state index in [1.54, 1.807) is 19.2 Å². The summed E-state index contributed by atoms with van der Waals surface area (Å²) in [6, 6.07) is 15.0. The predicted octanol–water partition coefficient (Wildman–Crippen LogP) is 2.44. The Bertz CT molecular complexity index is 846. The van der Waals surface area contributed by atoms with Crippen molar-refractivity contribution in [3.05, 3.63) is 64.3 Å². The fraction of sp³-hybridized carbons (Fsp3) is 0.222. The number of methoxy groups -OCH3 is 1. The number of benzene rings is 2. The van der Waals surface area contributed by atoms with E-state index in [1.165, 1.54) is 11.3 Å². The molecule has 3 rings (SSSR count). The quantitative estimate of drug-likeness (QED) is 0.553. The molecule has 1 heterocycles. The van der Waals surface area contributed by atoms with Crippen molar-refractivity contribution in [2.45, 2.75) is 12.8 Å². The second-order valence-corrected chi connectivity index (χ2v) is 6.50. The highest BCUT2D eigenvalue weighted by Crippen LogP contribution is 2.25. The van der Waals surface area contributed by atoms with Crippen LogP contribution in [-0.4, -0.2) is 19.6 Å². The van der Waals surface area contributed by atoms with Gasteiger partial charge in [-0.15, -0.1) is 0 Å². The van der Waals surface area contributed by atoms with Gasteiger partial charge in [0.1, 0.15) is 10.4 Å². The summed E-state index contributed by atoms with van der Waals surface area (Å²) in [6.45, 7) is 0.442. The molecule has 0 radical (unpaired) electrons. The molecule has 1 aromatic heterocycles. The first-order valence-electron chi connectivity index (χ1n) is 7.67. The second-order valence-electron chi connectivity index (χ2n) is 5.39. The molecular formula is C18H18N2O3S. The Morgan fingerprint density at radius 2 is 2.04 bits per heavy atom. The number of amides is 1. The van der Waals surface area contributed by atoms with E-state index in [9.17, 15) is 10.0 Å². The van der Waals surface area contributed by atoms with E-state index in [0.717, 1.165) is 20.7 Å². The van der Waals surface area contributed by atoms with Gasteiger partial charge in [-0.3, -0.25) is 4.79 Å². The molecule has 1 N–H and O–H groups in total. The van der Waals surface area contributed by atoms with E-state index in [2.05, 4.69) is 5.32 Å². The lowest BCUT2D eigenvalue weighted by atomic mass is 10.1. The maximum atomic E-state index is 12.3. The van der Waals surface area contributed by atoms with E-state index in [-0.39, 0.29) is 5.91 Å². The second kappa shape index (κ2) is 7.31. The molecule has 0 saturated heterocycles. The van der Waals surface area contributed by atoms with Crippen molar-refractivity contribution < 1.29 is 14.3 Å². The summed E-state index contributed by atoms with van der Waals surface area (Å²) < 4.78 is 7.00. The van der Waals surface area contributed by atoms with E-state index in [1.807, 2.05) is 36.4 Å². The number of nitrogens with one attached hydrogen (secondary N) is 1. The molecule has 0 aliphatic rings. The highest BCUT2D eigenvalue weighted by molar-refractivity contribution is 7.18. The fourth-order valence-electron chi connectivity index (χ4n) is 2.48. The van der Waals surface area contributed by atoms with E-state index >= 15 is 0 Å². The number of hydrogen-bond donors (Lipinski definition) is 1. The zero-order chi connectivity index (χ0) is 16.9. The Balaban J connectivity index is 1.59. The Morgan fingerprint density at radius 1 is 1.25 bits per heavy atom. The zero-order valence-corrected chi connectivity index (χ0v) is 14.1. The monoisotopic (exact) mass is 342 g/mol. The highest BCUT2D eigenvalue weighted by atomic mass is 32.1. The summed E-state index contributed by atoms with van der Waals surface area (Å²) in [6.07, 6.45) is 0.855. The molecule has 6 heteroatoms. The van der Waals surface area contributed by atoms with Gasteiger partial charge in [0.05, 0.1) is 20.0 Å². The number of rotatable bonds is 6. The average Bonchev–Trinajstić information content (AvgIpc) is 2.91. The van der Waals surface area contributed by atoms with Gasteiger partial charge in [0.15, 0.2) is 0 Å². The zero-order valence-electron chi connectivity index (χ0n) is 13.3. The summed E-state index contributed by atoms with van der Waals surface area (Å²) in [4.78, 5) is 11.9. The van der Waals surface area contributed by atoms with Gasteiger partial charge >= 0.3 is 0 Å². The van der Waals surface area contributed by atoms with Gasteiger partial charge in [-0.2, -0.15) is 4.73 Å². The number of hydrogen-bond acceptors (Lipinski definition) is 4. The van der Waals surface area contributed by atoms with Gasteiger partial charge in [-0.1, -0.05) is 41.7 Å². The maximum Gasteiger partial charge on any atom is 0.251 e. The molecular weight excluding hydrogens is 324 g/mol. The topological polar surface area (TPSA) is 65.3 Å². The third-order valence-corrected chi connectivity index (χ3v) is 4.86. The van der Waals surface area contributed by atoms with Crippen LogP contribution in [0.1, 0.15) is 10.6 Å². The third-order valence-electron chi connectivity index (χ3n) is 3.71. The van der Waals surface area contributed by atoms with Crippen LogP contribution in [0.5, 0.6) is 5.75 Å². The normalized spacial score (nSPS) is 10.7. The number of fused-ring (bicyclic) bond motifs is 1. The van der Waals surface area contributed by atoms with Crippen LogP contribution < -0.4 is 14.8 Å². The van der Waals surface area contributed by atoms with Crippen molar-refractivity contribution >= 4 is 27.5 Å². The van der Waals surface area contributed by atoms with E-state index in [0.29, 0.717) is 29.9 Å². The summed E-state index contributed by atoms with van der Waals surface area (Å²) in [5.41, 5.74) is 1.61. The smallest absolute Gasteiger partial charge is 0.251 e. The van der Waals surface area contributed by atoms with Crippen molar-refractivity contribution in [3.8, 4) is 5.75 Å². The van der Waals surface area contributed by atoms with Gasteiger partial charge in [-0.25, -0.2) is 0 Å². The Morgan fingerprint density at radius 3 is 2.79 bits per heavy atom. The Kier molecular flexibility index (Phi) is 4.96. The van der Waals surface area contributed by atoms with Gasteiger partial charge in [0.25, 0.3) is 5.01 Å². The van der Waals surface area contributed by atoms with Crippen LogP contribution in [0.4, 0.5) is 0 Å². The molecule has 0 aliphatic carbocycles. The number of aromatic nitrogens is 1. The van der Waals surface area contributed by atoms with Crippen LogP contribution in [0, 0.1) is 5.21 Å². The molecule has 0 aliphatic heterocycles. The van der Waals surface area contributed by atoms with Crippen molar-refractivity contribution in [2.24, 2.45) is 0 Å². The summed E-state index contributed by atoms with van der Waals surface area (Å²) in [5, 5.41) is 15.8. The molecule has 24 heavy (non-hydrogen) atoms. The van der Waals surface area contributed by atoms with Crippen molar-refractivity contribution in [1.29, 1.82) is 0 Å². The number of carbonyl (C=O) groups excluding carboxylic acids is 1. The standard InChI is InChI=1S/C18H18N2O3S/c1-23-14-7-8-15-16(12-14)24-18(20(15)22)9-10-19-17(21)11-13-5-3-2-4-6-13/h2-8,12H,9-11H2,1H3,(H,19,21). The molecule has 0 atom stereocenters. The van der Waals surface area contributed by atoms with Crippen LogP contribution in [0.15, 0.2) is 48.5 Å². The molecule has 0 spiro atoms. The predicted molar refractivity (Wildman–Crippen MR) is 94.2 cm³/mol. The minimum atomic E-state index is -0.0403. The first-order valence-corrected chi connectivity index (χ1v) is 8.48. The highest BCUT2D eigenvalue weighted by Gasteiger charge is 2.16. The fourth-order valence-corrected chi connectivity index (χ4v) is 3.55. The summed E-state index contributed by atoms with van der Waals surface area (Å²) in [5.74, 6) is 0.688. The van der Waals surface area contributed by atoms with Gasteiger partial charge in [0.2, 0.25) is 11.4 Å². The molecule has 2 aromatic carbocycles. The van der Waals surface area contributed by atoms with Crippen LogP contribution in [-0.2, 0) is 17.6 Å². The number of carbonyl (C=O) groups is 1. The van der Waals surface area contributed by atoms with Crippen molar-refractivity contribution in [1.82, 2.24) is 5.32 Å². The average molecular weight is 342 g/mol. The van der Waals surface area contributed by atoms with Gasteiger partial charge in [0, 0.05) is 18.7 Å². The molecule has 1 amide bonds. The summed E-state index contributed by atoms with van der Waals surface area (Å²) >= 11 is 1.43. The molecule has 0 unspecified atom stereocenters. The number of ether oxygens (including phenoxy) is 1. The largest absolute Gasteiger partial charge is 0.617 e. The minimum absolute atomic E-state index is 0.0403. The van der Waals surface area contributed by atoms with Crippen LogP contribution in [0.2, 0.25) is 0 Å². The van der Waals surface area contributed by atoms with E-state index in [4.69, 9.17) is 4.74 Å². The molecule has 5 nitrogen and oxygen atoms in total. The molecule has 124 valence electrons.